The standard InChI is InChI=1S/C56H102O6/c1-4-7-10-13-16-19-22-25-28-31-34-37-40-43-46-49-55(58)61-52-53(51-60-54(57)48-45-42-39-36-33-30-27-24-21-18-15-12-9-6-3)62-56(59)50-47-44-41-38-35-32-29-26-23-20-17-14-11-8-5-2/h9,12,18-19,21-22,53H,4-8,10-11,13-17,20,23-52H2,1-3H3/b12-9-,21-18-,22-19-. The van der Waals surface area contributed by atoms with Crippen LogP contribution in [0.2, 0.25) is 0 Å². The van der Waals surface area contributed by atoms with E-state index in [9.17, 15) is 14.4 Å². The average Bonchev–Trinajstić information content (AvgIpc) is 3.27. The Morgan fingerprint density at radius 2 is 0.629 bits per heavy atom. The minimum absolute atomic E-state index is 0.0738. The Bertz CT molecular complexity index is 1050. The van der Waals surface area contributed by atoms with E-state index in [0.29, 0.717) is 19.3 Å². The molecule has 0 bridgehead atoms. The van der Waals surface area contributed by atoms with Crippen LogP contribution in [0.5, 0.6) is 0 Å². The summed E-state index contributed by atoms with van der Waals surface area (Å²) < 4.78 is 16.8. The van der Waals surface area contributed by atoms with Crippen molar-refractivity contribution in [2.45, 2.75) is 290 Å². The largest absolute Gasteiger partial charge is 0.462 e. The van der Waals surface area contributed by atoms with Gasteiger partial charge >= 0.3 is 17.9 Å². The summed E-state index contributed by atoms with van der Waals surface area (Å²) in [6.07, 6.45) is 59.8. The average molecular weight is 871 g/mol. The number of unbranched alkanes of at least 4 members (excludes halogenated alkanes) is 32. The molecule has 0 heterocycles. The molecule has 0 aliphatic heterocycles. The van der Waals surface area contributed by atoms with E-state index in [0.717, 1.165) is 77.0 Å². The van der Waals surface area contributed by atoms with Crippen LogP contribution < -0.4 is 0 Å². The van der Waals surface area contributed by atoms with Gasteiger partial charge in [-0.25, -0.2) is 0 Å². The summed E-state index contributed by atoms with van der Waals surface area (Å²) in [6.45, 7) is 6.54. The van der Waals surface area contributed by atoms with Crippen LogP contribution in [0.15, 0.2) is 36.5 Å². The molecule has 6 nitrogen and oxygen atoms in total. The van der Waals surface area contributed by atoms with Crippen molar-refractivity contribution in [2.24, 2.45) is 0 Å². The second-order valence-electron chi connectivity index (χ2n) is 18.1. The highest BCUT2D eigenvalue weighted by Gasteiger charge is 2.19. The highest BCUT2D eigenvalue weighted by molar-refractivity contribution is 5.71. The monoisotopic (exact) mass is 871 g/mol. The third kappa shape index (κ3) is 48.7. The van der Waals surface area contributed by atoms with Crippen LogP contribution in [0.1, 0.15) is 284 Å². The quantitative estimate of drug-likeness (QED) is 0.0262. The Labute approximate surface area is 385 Å². The molecule has 0 rings (SSSR count). The highest BCUT2D eigenvalue weighted by Crippen LogP contribution is 2.16. The van der Waals surface area contributed by atoms with Gasteiger partial charge in [0.1, 0.15) is 13.2 Å². The van der Waals surface area contributed by atoms with Gasteiger partial charge in [-0.2, -0.15) is 0 Å². The Balaban J connectivity index is 4.36. The third-order valence-corrected chi connectivity index (χ3v) is 11.9. The van der Waals surface area contributed by atoms with Crippen LogP contribution in [0, 0.1) is 0 Å². The molecule has 0 aromatic heterocycles. The summed E-state index contributed by atoms with van der Waals surface area (Å²) in [5.74, 6) is -0.873. The third-order valence-electron chi connectivity index (χ3n) is 11.9. The first kappa shape index (κ1) is 59.6. The van der Waals surface area contributed by atoms with Crippen LogP contribution in [-0.4, -0.2) is 37.2 Å². The molecular weight excluding hydrogens is 769 g/mol. The lowest BCUT2D eigenvalue weighted by Gasteiger charge is -2.18. The number of carbonyl (C=O) groups is 3. The summed E-state index contributed by atoms with van der Waals surface area (Å²) in [7, 11) is 0. The highest BCUT2D eigenvalue weighted by atomic mass is 16.6. The molecule has 0 amide bonds. The van der Waals surface area contributed by atoms with E-state index < -0.39 is 6.10 Å². The van der Waals surface area contributed by atoms with Gasteiger partial charge in [0.25, 0.3) is 0 Å². The molecule has 1 atom stereocenters. The number of ether oxygens (including phenoxy) is 3. The minimum Gasteiger partial charge on any atom is -0.462 e. The van der Waals surface area contributed by atoms with Gasteiger partial charge in [0, 0.05) is 19.3 Å². The topological polar surface area (TPSA) is 78.9 Å². The molecule has 0 aliphatic rings. The van der Waals surface area contributed by atoms with Crippen molar-refractivity contribution >= 4 is 17.9 Å². The van der Waals surface area contributed by atoms with E-state index in [4.69, 9.17) is 14.2 Å². The lowest BCUT2D eigenvalue weighted by atomic mass is 10.0. The molecule has 62 heavy (non-hydrogen) atoms. The maximum Gasteiger partial charge on any atom is 0.306 e. The van der Waals surface area contributed by atoms with Crippen molar-refractivity contribution < 1.29 is 28.6 Å². The van der Waals surface area contributed by atoms with Crippen LogP contribution in [-0.2, 0) is 28.6 Å². The molecule has 0 saturated heterocycles. The van der Waals surface area contributed by atoms with Gasteiger partial charge < -0.3 is 14.2 Å². The van der Waals surface area contributed by atoms with Crippen molar-refractivity contribution in [3.05, 3.63) is 36.5 Å². The van der Waals surface area contributed by atoms with Crippen LogP contribution in [0.25, 0.3) is 0 Å². The fourth-order valence-corrected chi connectivity index (χ4v) is 7.83. The van der Waals surface area contributed by atoms with E-state index in [-0.39, 0.29) is 31.1 Å². The van der Waals surface area contributed by atoms with E-state index in [1.54, 1.807) is 0 Å². The van der Waals surface area contributed by atoms with Gasteiger partial charge in [-0.1, -0.05) is 231 Å². The summed E-state index contributed by atoms with van der Waals surface area (Å²) in [5, 5.41) is 0. The zero-order chi connectivity index (χ0) is 45.1. The molecule has 0 aromatic rings. The number of carbonyl (C=O) groups excluding carboxylic acids is 3. The molecule has 0 spiro atoms. The van der Waals surface area contributed by atoms with Gasteiger partial charge in [-0.3, -0.25) is 14.4 Å². The summed E-state index contributed by atoms with van der Waals surface area (Å²) in [5.41, 5.74) is 0. The van der Waals surface area contributed by atoms with E-state index in [2.05, 4.69) is 57.2 Å². The molecule has 0 N–H and O–H groups in total. The van der Waals surface area contributed by atoms with Crippen LogP contribution >= 0.6 is 0 Å². The van der Waals surface area contributed by atoms with Gasteiger partial charge in [-0.05, 0) is 70.6 Å². The summed E-state index contributed by atoms with van der Waals surface area (Å²) in [6, 6.07) is 0. The van der Waals surface area contributed by atoms with Crippen molar-refractivity contribution in [3.8, 4) is 0 Å². The number of esters is 3. The predicted molar refractivity (Wildman–Crippen MR) is 266 cm³/mol. The fourth-order valence-electron chi connectivity index (χ4n) is 7.83. The molecular formula is C56H102O6. The normalized spacial score (nSPS) is 12.2. The second-order valence-corrected chi connectivity index (χ2v) is 18.1. The van der Waals surface area contributed by atoms with Gasteiger partial charge in [-0.15, -0.1) is 0 Å². The number of hydrogen-bond acceptors (Lipinski definition) is 6. The van der Waals surface area contributed by atoms with Crippen molar-refractivity contribution in [2.75, 3.05) is 13.2 Å². The van der Waals surface area contributed by atoms with E-state index in [1.807, 2.05) is 0 Å². The lowest BCUT2D eigenvalue weighted by molar-refractivity contribution is -0.167. The van der Waals surface area contributed by atoms with Crippen molar-refractivity contribution in [3.63, 3.8) is 0 Å². The van der Waals surface area contributed by atoms with Crippen LogP contribution in [0.3, 0.4) is 0 Å². The lowest BCUT2D eigenvalue weighted by Crippen LogP contribution is -2.30. The fraction of sp³-hybridized carbons (Fsp3) is 0.839. The number of rotatable bonds is 49. The molecule has 362 valence electrons. The first-order valence-electron chi connectivity index (χ1n) is 27.0. The van der Waals surface area contributed by atoms with Gasteiger partial charge in [0.2, 0.25) is 0 Å². The Hall–Kier alpha value is -2.37. The molecule has 1 unspecified atom stereocenters. The SMILES string of the molecule is CC/C=C\C/C=C\CCCCCCCCCC(=O)OCC(COC(=O)CCCCCCCCC/C=C\CCCCCC)OC(=O)CCCCCCCCCCCCCCCCC. The summed E-state index contributed by atoms with van der Waals surface area (Å²) in [4.78, 5) is 38.0. The summed E-state index contributed by atoms with van der Waals surface area (Å²) >= 11 is 0. The number of allylic oxidation sites excluding steroid dienone is 6. The zero-order valence-electron chi connectivity index (χ0n) is 41.4. The molecule has 6 heteroatoms. The maximum absolute atomic E-state index is 12.8. The zero-order valence-corrected chi connectivity index (χ0v) is 41.4. The number of hydrogen-bond donors (Lipinski definition) is 0. The molecule has 0 radical (unpaired) electrons. The van der Waals surface area contributed by atoms with E-state index in [1.165, 1.54) is 167 Å². The molecule has 0 aromatic carbocycles. The first-order chi connectivity index (χ1) is 30.5. The van der Waals surface area contributed by atoms with E-state index >= 15 is 0 Å². The molecule has 0 saturated carbocycles. The molecule has 0 aliphatic carbocycles. The van der Waals surface area contributed by atoms with Gasteiger partial charge in [0.15, 0.2) is 6.10 Å². The van der Waals surface area contributed by atoms with Crippen molar-refractivity contribution in [1.82, 2.24) is 0 Å². The Kier molecular flexibility index (Phi) is 49.3. The maximum atomic E-state index is 12.8. The Morgan fingerprint density at radius 3 is 1.00 bits per heavy atom. The first-order valence-corrected chi connectivity index (χ1v) is 27.0. The smallest absolute Gasteiger partial charge is 0.306 e. The predicted octanol–water partition coefficient (Wildman–Crippen LogP) is 17.7. The van der Waals surface area contributed by atoms with Crippen molar-refractivity contribution in [1.29, 1.82) is 0 Å². The molecule has 0 fully saturated rings. The Morgan fingerprint density at radius 1 is 0.339 bits per heavy atom. The second kappa shape index (κ2) is 51.3. The van der Waals surface area contributed by atoms with Crippen LogP contribution in [0.4, 0.5) is 0 Å². The minimum atomic E-state index is -0.773. The van der Waals surface area contributed by atoms with Gasteiger partial charge in [0.05, 0.1) is 0 Å².